The zero-order chi connectivity index (χ0) is 18.0. The topological polar surface area (TPSA) is 82.3 Å². The lowest BCUT2D eigenvalue weighted by atomic mass is 9.96. The Hall–Kier alpha value is -2.89. The molecule has 1 aliphatic heterocycles. The molecule has 2 aromatic rings. The molecule has 2 unspecified atom stereocenters. The highest BCUT2D eigenvalue weighted by Gasteiger charge is 2.37. The van der Waals surface area contributed by atoms with Crippen LogP contribution in [0.2, 0.25) is 0 Å². The monoisotopic (exact) mass is 339 g/mol. The van der Waals surface area contributed by atoms with E-state index in [2.05, 4.69) is 10.3 Å². The van der Waals surface area contributed by atoms with E-state index in [0.29, 0.717) is 6.54 Å². The van der Waals surface area contributed by atoms with Crippen LogP contribution in [0, 0.1) is 5.92 Å². The minimum atomic E-state index is -0.603. The number of hydrogen-bond acceptors (Lipinski definition) is 3. The minimum Gasteiger partial charge on any atom is -0.324 e. The van der Waals surface area contributed by atoms with Crippen LogP contribution < -0.4 is 10.9 Å². The Kier molecular flexibility index (Phi) is 4.70. The van der Waals surface area contributed by atoms with Gasteiger partial charge in [0.1, 0.15) is 11.7 Å². The number of pyridine rings is 1. The normalized spacial score (nSPS) is 18.1. The van der Waals surface area contributed by atoms with Crippen LogP contribution in [0.5, 0.6) is 0 Å². The number of anilines is 1. The molecular weight excluding hydrogens is 318 g/mol. The van der Waals surface area contributed by atoms with Gasteiger partial charge in [0.25, 0.3) is 5.91 Å². The molecule has 3 rings (SSSR count). The average Bonchev–Trinajstić information content (AvgIpc) is 2.76. The van der Waals surface area contributed by atoms with Gasteiger partial charge in [0, 0.05) is 18.3 Å². The van der Waals surface area contributed by atoms with Crippen LogP contribution in [0.1, 0.15) is 36.3 Å². The summed E-state index contributed by atoms with van der Waals surface area (Å²) in [4.78, 5) is 41.6. The maximum atomic E-state index is 13.1. The summed E-state index contributed by atoms with van der Waals surface area (Å²) in [6.07, 6.45) is 0.753. The molecule has 1 aliphatic rings. The zero-order valence-corrected chi connectivity index (χ0v) is 14.3. The lowest BCUT2D eigenvalue weighted by Crippen LogP contribution is -2.49. The van der Waals surface area contributed by atoms with Gasteiger partial charge in [-0.3, -0.25) is 14.4 Å². The third-order valence-electron chi connectivity index (χ3n) is 4.66. The Balaban J connectivity index is 2.06. The van der Waals surface area contributed by atoms with Crippen molar-refractivity contribution >= 4 is 17.5 Å². The second-order valence-corrected chi connectivity index (χ2v) is 6.34. The maximum absolute atomic E-state index is 13.1. The number of benzene rings is 1. The van der Waals surface area contributed by atoms with Gasteiger partial charge in [0.15, 0.2) is 0 Å². The summed E-state index contributed by atoms with van der Waals surface area (Å²) < 4.78 is 0. The van der Waals surface area contributed by atoms with Crippen molar-refractivity contribution in [3.05, 3.63) is 64.1 Å². The van der Waals surface area contributed by atoms with E-state index in [9.17, 15) is 14.4 Å². The quantitative estimate of drug-likeness (QED) is 0.901. The van der Waals surface area contributed by atoms with Gasteiger partial charge in [0.2, 0.25) is 11.5 Å². The summed E-state index contributed by atoms with van der Waals surface area (Å²) in [5.41, 5.74) is 1.43. The molecular formula is C19H21N3O3. The number of aromatic nitrogens is 1. The molecule has 0 fully saturated rings. The number of hydrogen-bond donors (Lipinski definition) is 2. The van der Waals surface area contributed by atoms with Crippen molar-refractivity contribution < 1.29 is 9.59 Å². The molecule has 130 valence electrons. The van der Waals surface area contributed by atoms with Gasteiger partial charge >= 0.3 is 0 Å². The standard InChI is InChI=1S/C19H21N3O3/c1-3-12(2)17-18(24)21-14-8-5-4-7-13(14)11-22(17)19(25)15-9-6-10-16(23)20-15/h4-10,12,17H,3,11H2,1-2H3,(H,20,23)(H,21,24). The van der Waals surface area contributed by atoms with Gasteiger partial charge in [-0.15, -0.1) is 0 Å². The highest BCUT2D eigenvalue weighted by atomic mass is 16.2. The predicted molar refractivity (Wildman–Crippen MR) is 95.3 cm³/mol. The SMILES string of the molecule is CCC(C)C1C(=O)Nc2ccccc2CN1C(=O)c1cccc(=O)[nH]1. The number of rotatable bonds is 3. The van der Waals surface area contributed by atoms with E-state index in [4.69, 9.17) is 0 Å². The number of nitrogens with one attached hydrogen (secondary N) is 2. The fourth-order valence-corrected chi connectivity index (χ4v) is 3.12. The average molecular weight is 339 g/mol. The van der Waals surface area contributed by atoms with Crippen LogP contribution in [0.3, 0.4) is 0 Å². The molecule has 2 amide bonds. The molecule has 2 heterocycles. The predicted octanol–water partition coefficient (Wildman–Crippen LogP) is 2.38. The van der Waals surface area contributed by atoms with E-state index < -0.39 is 6.04 Å². The second kappa shape index (κ2) is 6.93. The summed E-state index contributed by atoms with van der Waals surface area (Å²) in [5, 5.41) is 2.93. The summed E-state index contributed by atoms with van der Waals surface area (Å²) in [5.74, 6) is -0.575. The first-order chi connectivity index (χ1) is 12.0. The van der Waals surface area contributed by atoms with Crippen molar-refractivity contribution in [2.75, 3.05) is 5.32 Å². The zero-order valence-electron chi connectivity index (χ0n) is 14.3. The smallest absolute Gasteiger partial charge is 0.271 e. The molecule has 25 heavy (non-hydrogen) atoms. The summed E-state index contributed by atoms with van der Waals surface area (Å²) in [6, 6.07) is 11.3. The molecule has 0 saturated heterocycles. The largest absolute Gasteiger partial charge is 0.324 e. The van der Waals surface area contributed by atoms with E-state index in [1.54, 1.807) is 11.0 Å². The Morgan fingerprint density at radius 2 is 1.96 bits per heavy atom. The first-order valence-electron chi connectivity index (χ1n) is 8.40. The number of nitrogens with zero attached hydrogens (tertiary/aromatic N) is 1. The fraction of sp³-hybridized carbons (Fsp3) is 0.316. The molecule has 0 spiro atoms. The molecule has 2 atom stereocenters. The van der Waals surface area contributed by atoms with Gasteiger partial charge in [-0.2, -0.15) is 0 Å². The summed E-state index contributed by atoms with van der Waals surface area (Å²) in [7, 11) is 0. The molecule has 2 N–H and O–H groups in total. The Bertz CT molecular complexity index is 859. The highest BCUT2D eigenvalue weighted by molar-refractivity contribution is 6.02. The van der Waals surface area contributed by atoms with Gasteiger partial charge < -0.3 is 15.2 Å². The summed E-state index contributed by atoms with van der Waals surface area (Å²) in [6.45, 7) is 4.25. The Morgan fingerprint density at radius 1 is 1.20 bits per heavy atom. The lowest BCUT2D eigenvalue weighted by Gasteiger charge is -2.32. The first-order valence-corrected chi connectivity index (χ1v) is 8.40. The number of amides is 2. The van der Waals surface area contributed by atoms with E-state index in [1.165, 1.54) is 12.1 Å². The number of H-pyrrole nitrogens is 1. The molecule has 0 radical (unpaired) electrons. The number of aromatic amines is 1. The maximum Gasteiger partial charge on any atom is 0.271 e. The van der Waals surface area contributed by atoms with Crippen molar-refractivity contribution in [1.29, 1.82) is 0 Å². The number of fused-ring (bicyclic) bond motifs is 1. The van der Waals surface area contributed by atoms with E-state index in [0.717, 1.165) is 17.7 Å². The minimum absolute atomic E-state index is 0.0197. The van der Waals surface area contributed by atoms with Crippen molar-refractivity contribution in [2.45, 2.75) is 32.9 Å². The molecule has 1 aromatic carbocycles. The van der Waals surface area contributed by atoms with Crippen LogP contribution in [0.25, 0.3) is 0 Å². The summed E-state index contributed by atoms with van der Waals surface area (Å²) >= 11 is 0. The van der Waals surface area contributed by atoms with Gasteiger partial charge in [-0.05, 0) is 23.6 Å². The van der Waals surface area contributed by atoms with Gasteiger partial charge in [-0.25, -0.2) is 0 Å². The number of carbonyl (C=O) groups is 2. The third-order valence-corrected chi connectivity index (χ3v) is 4.66. The van der Waals surface area contributed by atoms with Crippen LogP contribution in [-0.2, 0) is 11.3 Å². The highest BCUT2D eigenvalue weighted by Crippen LogP contribution is 2.28. The molecule has 6 heteroatoms. The lowest BCUT2D eigenvalue weighted by molar-refractivity contribution is -0.122. The van der Waals surface area contributed by atoms with Crippen molar-refractivity contribution in [3.8, 4) is 0 Å². The Labute approximate surface area is 145 Å². The van der Waals surface area contributed by atoms with Crippen LogP contribution in [-0.4, -0.2) is 27.7 Å². The molecule has 0 bridgehead atoms. The van der Waals surface area contributed by atoms with Gasteiger partial charge in [-0.1, -0.05) is 44.5 Å². The van der Waals surface area contributed by atoms with E-state index >= 15 is 0 Å². The van der Waals surface area contributed by atoms with E-state index in [1.807, 2.05) is 38.1 Å². The molecule has 0 saturated carbocycles. The molecule has 1 aromatic heterocycles. The van der Waals surface area contributed by atoms with Gasteiger partial charge in [0.05, 0.1) is 0 Å². The van der Waals surface area contributed by atoms with Crippen molar-refractivity contribution in [2.24, 2.45) is 5.92 Å². The molecule has 0 aliphatic carbocycles. The molecule has 6 nitrogen and oxygen atoms in total. The second-order valence-electron chi connectivity index (χ2n) is 6.34. The van der Waals surface area contributed by atoms with Crippen LogP contribution in [0.15, 0.2) is 47.3 Å². The third kappa shape index (κ3) is 3.33. The van der Waals surface area contributed by atoms with Crippen LogP contribution in [0.4, 0.5) is 5.69 Å². The number of para-hydroxylation sites is 1. The van der Waals surface area contributed by atoms with Crippen molar-refractivity contribution in [3.63, 3.8) is 0 Å². The Morgan fingerprint density at radius 3 is 2.68 bits per heavy atom. The number of carbonyl (C=O) groups excluding carboxylic acids is 2. The first kappa shape index (κ1) is 17.0. The van der Waals surface area contributed by atoms with Crippen molar-refractivity contribution in [1.82, 2.24) is 9.88 Å². The fourth-order valence-electron chi connectivity index (χ4n) is 3.12. The van der Waals surface area contributed by atoms with E-state index in [-0.39, 0.29) is 29.0 Å². The van der Waals surface area contributed by atoms with Crippen LogP contribution >= 0.6 is 0 Å².